The summed E-state index contributed by atoms with van der Waals surface area (Å²) in [6, 6.07) is 10.7. The van der Waals surface area contributed by atoms with Gasteiger partial charge in [-0.15, -0.1) is 0 Å². The molecule has 0 unspecified atom stereocenters. The van der Waals surface area contributed by atoms with Gasteiger partial charge in [-0.1, -0.05) is 33.6 Å². The second-order valence-electron chi connectivity index (χ2n) is 7.53. The van der Waals surface area contributed by atoms with Gasteiger partial charge in [0.25, 0.3) is 17.7 Å². The second kappa shape index (κ2) is 10.8. The average molecular weight is 546 g/mol. The highest BCUT2D eigenvalue weighted by molar-refractivity contribution is 9.10. The maximum Gasteiger partial charge on any atom is 0.265 e. The summed E-state index contributed by atoms with van der Waals surface area (Å²) in [6.07, 6.45) is 1.47. The van der Waals surface area contributed by atoms with Crippen LogP contribution in [0, 0.1) is 6.92 Å². The normalized spacial score (nSPS) is 13.8. The van der Waals surface area contributed by atoms with Gasteiger partial charge in [-0.25, -0.2) is 0 Å². The van der Waals surface area contributed by atoms with Crippen LogP contribution in [0.25, 0.3) is 6.08 Å². The number of nitrogens with zero attached hydrogens (tertiary/aromatic N) is 2. The third-order valence-electron chi connectivity index (χ3n) is 5.00. The topological polar surface area (TPSA) is 88.2 Å². The molecule has 0 aromatic heterocycles. The molecule has 1 saturated heterocycles. The smallest absolute Gasteiger partial charge is 0.265 e. The van der Waals surface area contributed by atoms with E-state index in [2.05, 4.69) is 21.2 Å². The Kier molecular flexibility index (Phi) is 8.06. The third kappa shape index (κ3) is 5.63. The van der Waals surface area contributed by atoms with Crippen LogP contribution in [0.2, 0.25) is 0 Å². The summed E-state index contributed by atoms with van der Waals surface area (Å²) < 4.78 is 11.9. The minimum atomic E-state index is -0.494. The fourth-order valence-corrected chi connectivity index (χ4v) is 3.75. The highest BCUT2D eigenvalue weighted by Gasteiger charge is 2.35. The van der Waals surface area contributed by atoms with Crippen LogP contribution in [-0.2, 0) is 14.4 Å². The van der Waals surface area contributed by atoms with E-state index in [1.165, 1.54) is 30.0 Å². The zero-order valence-electron chi connectivity index (χ0n) is 19.2. The van der Waals surface area contributed by atoms with E-state index in [9.17, 15) is 14.4 Å². The lowest BCUT2D eigenvalue weighted by Crippen LogP contribution is -2.52. The Morgan fingerprint density at radius 3 is 2.24 bits per heavy atom. The monoisotopic (exact) mass is 545 g/mol. The van der Waals surface area contributed by atoms with Crippen LogP contribution in [0.1, 0.15) is 18.1 Å². The van der Waals surface area contributed by atoms with Crippen molar-refractivity contribution in [3.8, 4) is 11.5 Å². The molecule has 1 fully saturated rings. The SMILES string of the molecule is CCOc1cc(C=C2C(=O)N(C)C(=S)N(C)C2=O)c(Br)cc1OCC(=O)Nc1ccc(C)cc1. The molecule has 0 saturated carbocycles. The number of nitrogens with one attached hydrogen (secondary N) is 1. The Morgan fingerprint density at radius 1 is 1.06 bits per heavy atom. The van der Waals surface area contributed by atoms with Gasteiger partial charge in [-0.05, 0) is 62.0 Å². The summed E-state index contributed by atoms with van der Waals surface area (Å²) in [6.45, 7) is 3.89. The lowest BCUT2D eigenvalue weighted by Gasteiger charge is -2.31. The zero-order chi connectivity index (χ0) is 25.0. The highest BCUT2D eigenvalue weighted by Crippen LogP contribution is 2.35. The molecule has 2 aromatic rings. The van der Waals surface area contributed by atoms with E-state index in [1.807, 2.05) is 38.1 Å². The Balaban J connectivity index is 1.82. The lowest BCUT2D eigenvalue weighted by atomic mass is 10.1. The first-order chi connectivity index (χ1) is 16.1. The van der Waals surface area contributed by atoms with Crippen LogP contribution >= 0.6 is 28.1 Å². The van der Waals surface area contributed by atoms with E-state index in [-0.39, 0.29) is 23.2 Å². The second-order valence-corrected chi connectivity index (χ2v) is 8.74. The Labute approximate surface area is 211 Å². The number of carbonyl (C=O) groups excluding carboxylic acids is 3. The summed E-state index contributed by atoms with van der Waals surface area (Å²) in [4.78, 5) is 40.1. The molecule has 8 nitrogen and oxygen atoms in total. The van der Waals surface area contributed by atoms with Gasteiger partial charge in [0.2, 0.25) is 0 Å². The van der Waals surface area contributed by atoms with Gasteiger partial charge in [-0.2, -0.15) is 0 Å². The molecule has 0 radical (unpaired) electrons. The first kappa shape index (κ1) is 25.4. The molecule has 2 aromatic carbocycles. The van der Waals surface area contributed by atoms with Crippen molar-refractivity contribution in [3.63, 3.8) is 0 Å². The highest BCUT2D eigenvalue weighted by atomic mass is 79.9. The average Bonchev–Trinajstić information content (AvgIpc) is 2.81. The van der Waals surface area contributed by atoms with E-state index in [0.717, 1.165) is 5.56 Å². The van der Waals surface area contributed by atoms with Crippen molar-refractivity contribution < 1.29 is 23.9 Å². The standard InChI is InChI=1S/C24H24BrN3O5S/c1-5-32-19-11-15(10-17-22(30)27(3)24(34)28(4)23(17)31)18(25)12-20(19)33-13-21(29)26-16-8-6-14(2)7-9-16/h6-12H,5,13H2,1-4H3,(H,26,29). The number of aryl methyl sites for hydroxylation is 1. The zero-order valence-corrected chi connectivity index (χ0v) is 21.6. The van der Waals surface area contributed by atoms with E-state index in [1.54, 1.807) is 12.1 Å². The van der Waals surface area contributed by atoms with Crippen LogP contribution in [0.5, 0.6) is 11.5 Å². The van der Waals surface area contributed by atoms with E-state index in [4.69, 9.17) is 21.7 Å². The number of rotatable bonds is 7. The molecule has 0 bridgehead atoms. The predicted octanol–water partition coefficient (Wildman–Crippen LogP) is 3.77. The number of likely N-dealkylation sites (N-methyl/N-ethyl adjacent to an activating group) is 2. The predicted molar refractivity (Wildman–Crippen MR) is 137 cm³/mol. The number of amides is 3. The summed E-state index contributed by atoms with van der Waals surface area (Å²) in [7, 11) is 3.03. The maximum absolute atomic E-state index is 12.6. The van der Waals surface area contributed by atoms with Crippen molar-refractivity contribution in [2.45, 2.75) is 13.8 Å². The Bertz CT molecular complexity index is 1150. The fraction of sp³-hybridized carbons (Fsp3) is 0.250. The van der Waals surface area contributed by atoms with Gasteiger partial charge in [-0.3, -0.25) is 24.2 Å². The fourth-order valence-electron chi connectivity index (χ4n) is 3.15. The van der Waals surface area contributed by atoms with Crippen molar-refractivity contribution in [1.82, 2.24) is 9.80 Å². The van der Waals surface area contributed by atoms with Gasteiger partial charge in [0, 0.05) is 24.3 Å². The van der Waals surface area contributed by atoms with E-state index in [0.29, 0.717) is 33.8 Å². The lowest BCUT2D eigenvalue weighted by molar-refractivity contribution is -0.132. The number of hydrogen-bond donors (Lipinski definition) is 1. The Morgan fingerprint density at radius 2 is 1.65 bits per heavy atom. The minimum absolute atomic E-state index is 0.0344. The molecule has 0 spiro atoms. The molecule has 1 N–H and O–H groups in total. The number of ether oxygens (including phenoxy) is 2. The number of halogens is 1. The van der Waals surface area contributed by atoms with Crippen LogP contribution in [-0.4, -0.2) is 59.9 Å². The number of thiocarbonyl (C=S) groups is 1. The van der Waals surface area contributed by atoms with Crippen LogP contribution in [0.15, 0.2) is 46.4 Å². The quantitative estimate of drug-likeness (QED) is 0.323. The molecule has 1 heterocycles. The van der Waals surface area contributed by atoms with Gasteiger partial charge in [0.15, 0.2) is 23.2 Å². The van der Waals surface area contributed by atoms with Crippen LogP contribution < -0.4 is 14.8 Å². The molecular formula is C24H24BrN3O5S. The van der Waals surface area contributed by atoms with Crippen LogP contribution in [0.3, 0.4) is 0 Å². The molecule has 0 aliphatic carbocycles. The van der Waals surface area contributed by atoms with E-state index >= 15 is 0 Å². The summed E-state index contributed by atoms with van der Waals surface area (Å²) in [5.41, 5.74) is 2.26. The maximum atomic E-state index is 12.6. The summed E-state index contributed by atoms with van der Waals surface area (Å²) >= 11 is 8.57. The molecule has 10 heteroatoms. The molecule has 3 rings (SSSR count). The molecule has 34 heavy (non-hydrogen) atoms. The molecule has 3 amide bonds. The van der Waals surface area contributed by atoms with Crippen molar-refractivity contribution in [1.29, 1.82) is 0 Å². The van der Waals surface area contributed by atoms with Gasteiger partial charge >= 0.3 is 0 Å². The number of benzene rings is 2. The summed E-state index contributed by atoms with van der Waals surface area (Å²) in [5, 5.41) is 2.91. The van der Waals surface area contributed by atoms with Crippen LogP contribution in [0.4, 0.5) is 5.69 Å². The Hall–Kier alpha value is -3.24. The third-order valence-corrected chi connectivity index (χ3v) is 6.24. The summed E-state index contributed by atoms with van der Waals surface area (Å²) in [5.74, 6) is -0.605. The number of anilines is 1. The first-order valence-electron chi connectivity index (χ1n) is 10.4. The molecule has 1 aliphatic heterocycles. The molecular weight excluding hydrogens is 522 g/mol. The van der Waals surface area contributed by atoms with Gasteiger partial charge in [0.1, 0.15) is 5.57 Å². The molecule has 178 valence electrons. The first-order valence-corrected chi connectivity index (χ1v) is 11.6. The number of carbonyl (C=O) groups is 3. The minimum Gasteiger partial charge on any atom is -0.490 e. The van der Waals surface area contributed by atoms with Gasteiger partial charge in [0.05, 0.1) is 6.61 Å². The van der Waals surface area contributed by atoms with Crippen molar-refractivity contribution in [2.75, 3.05) is 32.6 Å². The van der Waals surface area contributed by atoms with Crippen molar-refractivity contribution >= 4 is 62.7 Å². The van der Waals surface area contributed by atoms with Crippen molar-refractivity contribution in [3.05, 3.63) is 57.6 Å². The number of hydrogen-bond acceptors (Lipinski definition) is 6. The molecule has 0 atom stereocenters. The molecule has 1 aliphatic rings. The van der Waals surface area contributed by atoms with Gasteiger partial charge < -0.3 is 14.8 Å². The van der Waals surface area contributed by atoms with E-state index < -0.39 is 11.8 Å². The largest absolute Gasteiger partial charge is 0.490 e. The van der Waals surface area contributed by atoms with Crippen molar-refractivity contribution in [2.24, 2.45) is 0 Å².